The van der Waals surface area contributed by atoms with Crippen LogP contribution < -0.4 is 10.6 Å². The Morgan fingerprint density at radius 3 is 1.95 bits per heavy atom. The molecule has 0 saturated heterocycles. The van der Waals surface area contributed by atoms with E-state index in [2.05, 4.69) is 10.6 Å². The molecule has 0 bridgehead atoms. The van der Waals surface area contributed by atoms with Gasteiger partial charge in [0.05, 0.1) is 12.6 Å². The summed E-state index contributed by atoms with van der Waals surface area (Å²) in [5.41, 5.74) is -1.11. The summed E-state index contributed by atoms with van der Waals surface area (Å²) < 4.78 is 10.2. The highest BCUT2D eigenvalue weighted by Crippen LogP contribution is 2.08. The normalized spacial score (nSPS) is 13.2. The molecule has 0 radical (unpaired) electrons. The Labute approximate surface area is 132 Å². The van der Waals surface area contributed by atoms with Crippen LogP contribution in [0.4, 0.5) is 9.59 Å². The largest absolute Gasteiger partial charge is 0.444 e. The third-order valence-electron chi connectivity index (χ3n) is 2.34. The van der Waals surface area contributed by atoms with Gasteiger partial charge in [0.2, 0.25) is 0 Å². The number of alkyl carbamates (subject to hydrolysis) is 2. The smallest absolute Gasteiger partial charge is 0.407 e. The number of ether oxygens (including phenoxy) is 2. The molecule has 0 fully saturated rings. The molecule has 22 heavy (non-hydrogen) atoms. The number of aliphatic hydroxyl groups excluding tert-OH is 1. The summed E-state index contributed by atoms with van der Waals surface area (Å²) in [5, 5.41) is 14.5. The van der Waals surface area contributed by atoms with Crippen molar-refractivity contribution in [2.45, 2.75) is 71.6 Å². The number of rotatable bonds is 6. The van der Waals surface area contributed by atoms with Gasteiger partial charge in [-0.15, -0.1) is 0 Å². The molecule has 0 heterocycles. The van der Waals surface area contributed by atoms with Gasteiger partial charge in [-0.1, -0.05) is 0 Å². The molecule has 1 atom stereocenters. The van der Waals surface area contributed by atoms with E-state index in [-0.39, 0.29) is 6.61 Å². The third kappa shape index (κ3) is 12.3. The van der Waals surface area contributed by atoms with Crippen molar-refractivity contribution in [3.8, 4) is 0 Å². The quantitative estimate of drug-likeness (QED) is 0.652. The summed E-state index contributed by atoms with van der Waals surface area (Å²) >= 11 is 0. The van der Waals surface area contributed by atoms with E-state index < -0.39 is 29.4 Å². The first-order chi connectivity index (χ1) is 9.93. The lowest BCUT2D eigenvalue weighted by Crippen LogP contribution is -2.41. The van der Waals surface area contributed by atoms with Crippen molar-refractivity contribution in [1.82, 2.24) is 10.6 Å². The van der Waals surface area contributed by atoms with E-state index in [0.29, 0.717) is 19.4 Å². The van der Waals surface area contributed by atoms with Gasteiger partial charge in [0.15, 0.2) is 0 Å². The van der Waals surface area contributed by atoms with Gasteiger partial charge in [0, 0.05) is 6.54 Å². The molecule has 0 aromatic rings. The van der Waals surface area contributed by atoms with E-state index in [9.17, 15) is 14.7 Å². The molecule has 0 aliphatic heterocycles. The fourth-order valence-corrected chi connectivity index (χ4v) is 1.54. The molecule has 2 amide bonds. The summed E-state index contributed by atoms with van der Waals surface area (Å²) in [5.74, 6) is 0. The molecule has 0 aromatic heterocycles. The van der Waals surface area contributed by atoms with E-state index in [4.69, 9.17) is 9.47 Å². The van der Waals surface area contributed by atoms with Crippen LogP contribution in [0.1, 0.15) is 54.4 Å². The molecule has 0 aromatic carbocycles. The first-order valence-electron chi connectivity index (χ1n) is 7.50. The minimum absolute atomic E-state index is 0.189. The molecule has 0 rings (SSSR count). The van der Waals surface area contributed by atoms with Crippen molar-refractivity contribution in [2.75, 3.05) is 13.2 Å². The Morgan fingerprint density at radius 2 is 1.50 bits per heavy atom. The maximum Gasteiger partial charge on any atom is 0.407 e. The van der Waals surface area contributed by atoms with Crippen molar-refractivity contribution in [2.24, 2.45) is 0 Å². The van der Waals surface area contributed by atoms with Crippen molar-refractivity contribution in [3.63, 3.8) is 0 Å². The molecule has 130 valence electrons. The second kappa shape index (κ2) is 8.82. The van der Waals surface area contributed by atoms with Crippen LogP contribution in [0.25, 0.3) is 0 Å². The van der Waals surface area contributed by atoms with Crippen LogP contribution in [0.15, 0.2) is 0 Å². The third-order valence-corrected chi connectivity index (χ3v) is 2.34. The summed E-state index contributed by atoms with van der Waals surface area (Å²) in [6.45, 7) is 10.9. The van der Waals surface area contributed by atoms with E-state index in [0.717, 1.165) is 0 Å². The first kappa shape index (κ1) is 20.5. The van der Waals surface area contributed by atoms with Gasteiger partial charge in [-0.3, -0.25) is 0 Å². The van der Waals surface area contributed by atoms with Crippen LogP contribution >= 0.6 is 0 Å². The Bertz CT molecular complexity index is 358. The number of carbonyl (C=O) groups excluding carboxylic acids is 2. The van der Waals surface area contributed by atoms with Gasteiger partial charge in [-0.25, -0.2) is 9.59 Å². The fourth-order valence-electron chi connectivity index (χ4n) is 1.54. The van der Waals surface area contributed by atoms with Crippen LogP contribution in [0.2, 0.25) is 0 Å². The Hall–Kier alpha value is -1.50. The molecule has 7 nitrogen and oxygen atoms in total. The topological polar surface area (TPSA) is 96.9 Å². The number of hydrogen-bond acceptors (Lipinski definition) is 5. The van der Waals surface area contributed by atoms with Gasteiger partial charge in [-0.2, -0.15) is 0 Å². The molecule has 0 saturated carbocycles. The average Bonchev–Trinajstić information content (AvgIpc) is 2.28. The SMILES string of the molecule is CC(C)(C)OC(=O)NCCCC(CO)NC(=O)OC(C)(C)C. The molecule has 0 aliphatic carbocycles. The summed E-state index contributed by atoms with van der Waals surface area (Å²) in [6, 6.07) is -0.407. The Balaban J connectivity index is 3.96. The maximum absolute atomic E-state index is 11.6. The second-order valence-electron chi connectivity index (χ2n) is 7.10. The highest BCUT2D eigenvalue weighted by atomic mass is 16.6. The molecule has 7 heteroatoms. The van der Waals surface area contributed by atoms with Crippen LogP contribution in [-0.4, -0.2) is 47.7 Å². The summed E-state index contributed by atoms with van der Waals surface area (Å²) in [7, 11) is 0. The zero-order chi connectivity index (χ0) is 17.4. The maximum atomic E-state index is 11.6. The van der Waals surface area contributed by atoms with Gasteiger partial charge < -0.3 is 25.2 Å². The predicted octanol–water partition coefficient (Wildman–Crippen LogP) is 2.18. The van der Waals surface area contributed by atoms with Crippen LogP contribution in [0.5, 0.6) is 0 Å². The lowest BCUT2D eigenvalue weighted by atomic mass is 10.1. The minimum Gasteiger partial charge on any atom is -0.444 e. The average molecular weight is 318 g/mol. The van der Waals surface area contributed by atoms with Crippen molar-refractivity contribution in [1.29, 1.82) is 0 Å². The number of carbonyl (C=O) groups is 2. The summed E-state index contributed by atoms with van der Waals surface area (Å²) in [4.78, 5) is 23.0. The van der Waals surface area contributed by atoms with Crippen molar-refractivity contribution in [3.05, 3.63) is 0 Å². The lowest BCUT2D eigenvalue weighted by Gasteiger charge is -2.23. The highest BCUT2D eigenvalue weighted by Gasteiger charge is 2.19. The lowest BCUT2D eigenvalue weighted by molar-refractivity contribution is 0.0469. The molecule has 1 unspecified atom stereocenters. The van der Waals surface area contributed by atoms with Gasteiger partial charge in [-0.05, 0) is 54.4 Å². The monoisotopic (exact) mass is 318 g/mol. The number of hydrogen-bond donors (Lipinski definition) is 3. The van der Waals surface area contributed by atoms with Crippen LogP contribution in [0, 0.1) is 0 Å². The van der Waals surface area contributed by atoms with Gasteiger partial charge in [0.1, 0.15) is 11.2 Å². The standard InChI is InChI=1S/C15H30N2O5/c1-14(2,3)21-12(19)16-9-7-8-11(10-18)17-13(20)22-15(4,5)6/h11,18H,7-10H2,1-6H3,(H,16,19)(H,17,20). The summed E-state index contributed by atoms with van der Waals surface area (Å²) in [6.07, 6.45) is 0.0750. The Kier molecular flexibility index (Phi) is 8.22. The van der Waals surface area contributed by atoms with E-state index >= 15 is 0 Å². The van der Waals surface area contributed by atoms with E-state index in [1.54, 1.807) is 41.5 Å². The fraction of sp³-hybridized carbons (Fsp3) is 0.867. The van der Waals surface area contributed by atoms with E-state index in [1.807, 2.05) is 0 Å². The predicted molar refractivity (Wildman–Crippen MR) is 83.7 cm³/mol. The van der Waals surface area contributed by atoms with Crippen LogP contribution in [-0.2, 0) is 9.47 Å². The molecular formula is C15H30N2O5. The molecule has 3 N–H and O–H groups in total. The molecular weight excluding hydrogens is 288 g/mol. The van der Waals surface area contributed by atoms with Gasteiger partial charge >= 0.3 is 12.2 Å². The highest BCUT2D eigenvalue weighted by molar-refractivity contribution is 5.68. The number of nitrogens with one attached hydrogen (secondary N) is 2. The van der Waals surface area contributed by atoms with Crippen molar-refractivity contribution >= 4 is 12.2 Å². The first-order valence-corrected chi connectivity index (χ1v) is 7.50. The Morgan fingerprint density at radius 1 is 1.00 bits per heavy atom. The molecule has 0 aliphatic rings. The zero-order valence-electron chi connectivity index (χ0n) is 14.5. The second-order valence-corrected chi connectivity index (χ2v) is 7.10. The number of amides is 2. The van der Waals surface area contributed by atoms with Crippen molar-refractivity contribution < 1.29 is 24.2 Å². The minimum atomic E-state index is -0.581. The van der Waals surface area contributed by atoms with Gasteiger partial charge in [0.25, 0.3) is 0 Å². The van der Waals surface area contributed by atoms with E-state index in [1.165, 1.54) is 0 Å². The zero-order valence-corrected chi connectivity index (χ0v) is 14.5. The number of aliphatic hydroxyl groups is 1. The van der Waals surface area contributed by atoms with Crippen LogP contribution in [0.3, 0.4) is 0 Å². The molecule has 0 spiro atoms.